The van der Waals surface area contributed by atoms with Crippen molar-refractivity contribution in [1.82, 2.24) is 13.9 Å². The van der Waals surface area contributed by atoms with Crippen LogP contribution in [0.25, 0.3) is 0 Å². The molecule has 0 aromatic heterocycles. The Labute approximate surface area is 133 Å². The van der Waals surface area contributed by atoms with Gasteiger partial charge in [0.1, 0.15) is 0 Å². The summed E-state index contributed by atoms with van der Waals surface area (Å²) in [5.41, 5.74) is 0.872. The summed E-state index contributed by atoms with van der Waals surface area (Å²) in [6, 6.07) is 6.99. The van der Waals surface area contributed by atoms with Gasteiger partial charge in [0.15, 0.2) is 0 Å². The van der Waals surface area contributed by atoms with Gasteiger partial charge in [0.2, 0.25) is 0 Å². The largest absolute Gasteiger partial charge is 0.320 e. The Morgan fingerprint density at radius 2 is 2.00 bits per heavy atom. The molecule has 120 valence electrons. The second kappa shape index (κ2) is 8.10. The minimum absolute atomic E-state index is 0.277. The number of nitrogens with zero attached hydrogens (tertiary/aromatic N) is 2. The highest BCUT2D eigenvalue weighted by atomic mass is 35.5. The first kappa shape index (κ1) is 18.4. The zero-order valence-electron chi connectivity index (χ0n) is 13.0. The van der Waals surface area contributed by atoms with Crippen molar-refractivity contribution in [2.45, 2.75) is 19.4 Å². The van der Waals surface area contributed by atoms with Crippen LogP contribution >= 0.6 is 11.6 Å². The zero-order valence-corrected chi connectivity index (χ0v) is 14.6. The van der Waals surface area contributed by atoms with E-state index in [0.717, 1.165) is 18.5 Å². The third-order valence-corrected chi connectivity index (χ3v) is 5.78. The Balaban J connectivity index is 2.82. The summed E-state index contributed by atoms with van der Waals surface area (Å²) in [7, 11) is 1.56. The van der Waals surface area contributed by atoms with Crippen LogP contribution in [0.2, 0.25) is 5.02 Å². The van der Waals surface area contributed by atoms with Crippen molar-refractivity contribution in [3.8, 4) is 0 Å². The van der Waals surface area contributed by atoms with Crippen LogP contribution in [0.5, 0.6) is 0 Å². The SMILES string of the molecule is CNCCCN(C)S(=O)(=O)N(C)C(C)c1cccc(Cl)c1. The van der Waals surface area contributed by atoms with E-state index in [2.05, 4.69) is 5.32 Å². The lowest BCUT2D eigenvalue weighted by Gasteiger charge is -2.29. The average Bonchev–Trinajstić information content (AvgIpc) is 2.45. The van der Waals surface area contributed by atoms with E-state index in [1.807, 2.05) is 26.1 Å². The number of benzene rings is 1. The molecular weight excluding hydrogens is 310 g/mol. The summed E-state index contributed by atoms with van der Waals surface area (Å²) in [5.74, 6) is 0. The van der Waals surface area contributed by atoms with Gasteiger partial charge in [-0.2, -0.15) is 17.0 Å². The molecule has 21 heavy (non-hydrogen) atoms. The second-order valence-corrected chi connectivity index (χ2v) is 7.57. The topological polar surface area (TPSA) is 52.7 Å². The highest BCUT2D eigenvalue weighted by molar-refractivity contribution is 7.86. The quantitative estimate of drug-likeness (QED) is 0.741. The fraction of sp³-hybridized carbons (Fsp3) is 0.571. The molecule has 0 fully saturated rings. The molecule has 0 radical (unpaired) electrons. The van der Waals surface area contributed by atoms with Gasteiger partial charge in [-0.1, -0.05) is 23.7 Å². The highest BCUT2D eigenvalue weighted by Crippen LogP contribution is 2.24. The Bertz CT molecular complexity index is 551. The summed E-state index contributed by atoms with van der Waals surface area (Å²) < 4.78 is 27.8. The van der Waals surface area contributed by atoms with Crippen LogP contribution < -0.4 is 5.32 Å². The molecular formula is C14H24ClN3O2S. The van der Waals surface area contributed by atoms with Gasteiger partial charge in [0.05, 0.1) is 0 Å². The molecule has 0 aliphatic heterocycles. The van der Waals surface area contributed by atoms with E-state index in [0.29, 0.717) is 11.6 Å². The standard InChI is InChI=1S/C14H24ClN3O2S/c1-12(13-7-5-8-14(15)11-13)18(4)21(19,20)17(3)10-6-9-16-2/h5,7-8,11-12,16H,6,9-10H2,1-4H3. The lowest BCUT2D eigenvalue weighted by Crippen LogP contribution is -2.41. The maximum Gasteiger partial charge on any atom is 0.282 e. The van der Waals surface area contributed by atoms with Crippen LogP contribution in [0, 0.1) is 0 Å². The van der Waals surface area contributed by atoms with E-state index in [1.165, 1.54) is 8.61 Å². The number of nitrogens with one attached hydrogen (secondary N) is 1. The molecule has 0 saturated carbocycles. The third kappa shape index (κ3) is 4.93. The lowest BCUT2D eigenvalue weighted by molar-refractivity contribution is 0.347. The first-order chi connectivity index (χ1) is 9.80. The molecule has 0 saturated heterocycles. The summed E-state index contributed by atoms with van der Waals surface area (Å²) >= 11 is 5.97. The molecule has 1 aromatic carbocycles. The van der Waals surface area contributed by atoms with Gasteiger partial charge in [-0.25, -0.2) is 0 Å². The highest BCUT2D eigenvalue weighted by Gasteiger charge is 2.28. The minimum Gasteiger partial charge on any atom is -0.320 e. The maximum absolute atomic E-state index is 12.5. The van der Waals surface area contributed by atoms with Crippen molar-refractivity contribution in [3.05, 3.63) is 34.9 Å². The van der Waals surface area contributed by atoms with E-state index in [9.17, 15) is 8.42 Å². The summed E-state index contributed by atoms with van der Waals surface area (Å²) in [6.07, 6.45) is 0.769. The number of hydrogen-bond donors (Lipinski definition) is 1. The van der Waals surface area contributed by atoms with Crippen LogP contribution in [0.15, 0.2) is 24.3 Å². The number of hydrogen-bond acceptors (Lipinski definition) is 3. The fourth-order valence-corrected chi connectivity index (χ4v) is 3.51. The first-order valence-corrected chi connectivity index (χ1v) is 8.67. The molecule has 1 aromatic rings. The summed E-state index contributed by atoms with van der Waals surface area (Å²) in [4.78, 5) is 0. The number of halogens is 1. The monoisotopic (exact) mass is 333 g/mol. The molecule has 0 bridgehead atoms. The van der Waals surface area contributed by atoms with Crippen molar-refractivity contribution >= 4 is 21.8 Å². The summed E-state index contributed by atoms with van der Waals surface area (Å²) in [5, 5.41) is 3.61. The lowest BCUT2D eigenvalue weighted by atomic mass is 10.1. The molecule has 1 unspecified atom stereocenters. The van der Waals surface area contributed by atoms with Gasteiger partial charge < -0.3 is 5.32 Å². The molecule has 0 spiro atoms. The molecule has 1 N–H and O–H groups in total. The van der Waals surface area contributed by atoms with Gasteiger partial charge in [-0.3, -0.25) is 0 Å². The van der Waals surface area contributed by atoms with Crippen LogP contribution in [-0.4, -0.2) is 51.3 Å². The van der Waals surface area contributed by atoms with E-state index in [-0.39, 0.29) is 6.04 Å². The minimum atomic E-state index is -3.48. The third-order valence-electron chi connectivity index (χ3n) is 3.53. The van der Waals surface area contributed by atoms with Gasteiger partial charge in [-0.05, 0) is 44.6 Å². The Kier molecular flexibility index (Phi) is 7.09. The van der Waals surface area contributed by atoms with E-state index >= 15 is 0 Å². The van der Waals surface area contributed by atoms with E-state index in [1.54, 1.807) is 26.2 Å². The van der Waals surface area contributed by atoms with Gasteiger partial charge in [-0.15, -0.1) is 0 Å². The van der Waals surface area contributed by atoms with Crippen molar-refractivity contribution in [2.24, 2.45) is 0 Å². The van der Waals surface area contributed by atoms with Crippen LogP contribution in [0.3, 0.4) is 0 Å². The van der Waals surface area contributed by atoms with Crippen LogP contribution in [0.4, 0.5) is 0 Å². The van der Waals surface area contributed by atoms with Gasteiger partial charge in [0.25, 0.3) is 10.2 Å². The van der Waals surface area contributed by atoms with Crippen LogP contribution in [-0.2, 0) is 10.2 Å². The van der Waals surface area contributed by atoms with E-state index in [4.69, 9.17) is 11.6 Å². The predicted molar refractivity (Wildman–Crippen MR) is 87.7 cm³/mol. The molecule has 1 atom stereocenters. The van der Waals surface area contributed by atoms with Crippen LogP contribution in [0.1, 0.15) is 24.9 Å². The fourth-order valence-electron chi connectivity index (χ4n) is 1.99. The Hall–Kier alpha value is -0.660. The predicted octanol–water partition coefficient (Wildman–Crippen LogP) is 2.12. The second-order valence-electron chi connectivity index (χ2n) is 5.03. The van der Waals surface area contributed by atoms with Gasteiger partial charge in [0, 0.05) is 31.7 Å². The van der Waals surface area contributed by atoms with Crippen molar-refractivity contribution < 1.29 is 8.42 Å². The van der Waals surface area contributed by atoms with Crippen molar-refractivity contribution in [3.63, 3.8) is 0 Å². The normalized spacial score (nSPS) is 13.9. The van der Waals surface area contributed by atoms with Crippen molar-refractivity contribution in [2.75, 3.05) is 34.2 Å². The molecule has 0 amide bonds. The Morgan fingerprint density at radius 1 is 1.33 bits per heavy atom. The first-order valence-electron chi connectivity index (χ1n) is 6.90. The molecule has 0 heterocycles. The zero-order chi connectivity index (χ0) is 16.0. The average molecular weight is 334 g/mol. The molecule has 0 aliphatic carbocycles. The molecule has 1 rings (SSSR count). The Morgan fingerprint density at radius 3 is 2.57 bits per heavy atom. The summed E-state index contributed by atoms with van der Waals surface area (Å²) in [6.45, 7) is 3.12. The molecule has 5 nitrogen and oxygen atoms in total. The number of rotatable bonds is 8. The molecule has 0 aliphatic rings. The van der Waals surface area contributed by atoms with E-state index < -0.39 is 10.2 Å². The molecule has 7 heteroatoms. The smallest absolute Gasteiger partial charge is 0.282 e. The van der Waals surface area contributed by atoms with Gasteiger partial charge >= 0.3 is 0 Å². The maximum atomic E-state index is 12.5. The van der Waals surface area contributed by atoms with Crippen molar-refractivity contribution in [1.29, 1.82) is 0 Å².